The SMILES string of the molecule is O=C(NCC1(C(=O)ON2C(=O)c3ccccc3C2=O)CCCC1)OCC1c2ccccc2-c2ccccc21. The molecule has 1 heterocycles. The zero-order chi connectivity index (χ0) is 26.3. The molecular weight excluding hydrogens is 484 g/mol. The lowest BCUT2D eigenvalue weighted by Crippen LogP contribution is -2.46. The Kier molecular flexibility index (Phi) is 5.94. The van der Waals surface area contributed by atoms with Gasteiger partial charge in [-0.15, -0.1) is 0 Å². The predicted molar refractivity (Wildman–Crippen MR) is 137 cm³/mol. The first-order valence-corrected chi connectivity index (χ1v) is 12.8. The number of benzene rings is 3. The van der Waals surface area contributed by atoms with E-state index in [0.29, 0.717) is 17.9 Å². The highest BCUT2D eigenvalue weighted by Crippen LogP contribution is 2.44. The van der Waals surface area contributed by atoms with E-state index in [2.05, 4.69) is 17.4 Å². The van der Waals surface area contributed by atoms with Crippen LogP contribution in [0.25, 0.3) is 11.1 Å². The molecule has 0 atom stereocenters. The molecule has 0 aromatic heterocycles. The van der Waals surface area contributed by atoms with Crippen molar-refractivity contribution in [2.24, 2.45) is 5.41 Å². The average Bonchev–Trinajstić information content (AvgIpc) is 3.62. The highest BCUT2D eigenvalue weighted by atomic mass is 16.7. The molecular formula is C30H26N2O6. The average molecular weight is 511 g/mol. The summed E-state index contributed by atoms with van der Waals surface area (Å²) in [7, 11) is 0. The molecule has 0 spiro atoms. The minimum Gasteiger partial charge on any atom is -0.449 e. The molecule has 0 radical (unpaired) electrons. The largest absolute Gasteiger partial charge is 0.449 e. The molecule has 3 aromatic carbocycles. The standard InChI is InChI=1S/C30H26N2O6/c33-26-23-13-5-6-14-24(23)27(34)32(26)38-28(35)30(15-7-8-16-30)18-31-29(36)37-17-25-21-11-3-1-9-19(21)20-10-2-4-12-22(20)25/h1-6,9-14,25H,7-8,15-18H2,(H,31,36). The van der Waals surface area contributed by atoms with Gasteiger partial charge in [-0.1, -0.05) is 78.6 Å². The molecule has 0 saturated heterocycles. The first-order chi connectivity index (χ1) is 18.5. The van der Waals surface area contributed by atoms with Crippen LogP contribution in [0.1, 0.15) is 63.4 Å². The van der Waals surface area contributed by atoms with Crippen LogP contribution < -0.4 is 5.32 Å². The number of fused-ring (bicyclic) bond motifs is 4. The third-order valence-electron chi connectivity index (χ3n) is 7.84. The van der Waals surface area contributed by atoms with Crippen molar-refractivity contribution >= 4 is 23.9 Å². The fraction of sp³-hybridized carbons (Fsp3) is 0.267. The Labute approximate surface area is 219 Å². The van der Waals surface area contributed by atoms with Gasteiger partial charge in [-0.2, -0.15) is 0 Å². The third-order valence-corrected chi connectivity index (χ3v) is 7.84. The normalized spacial score (nSPS) is 17.1. The lowest BCUT2D eigenvalue weighted by molar-refractivity contribution is -0.180. The van der Waals surface area contributed by atoms with Crippen molar-refractivity contribution in [2.45, 2.75) is 31.6 Å². The number of nitrogens with zero attached hydrogens (tertiary/aromatic N) is 1. The van der Waals surface area contributed by atoms with Crippen molar-refractivity contribution in [1.82, 2.24) is 10.4 Å². The fourth-order valence-corrected chi connectivity index (χ4v) is 5.83. The summed E-state index contributed by atoms with van der Waals surface area (Å²) in [4.78, 5) is 56.7. The van der Waals surface area contributed by atoms with E-state index in [0.717, 1.165) is 35.1 Å². The van der Waals surface area contributed by atoms with E-state index in [9.17, 15) is 19.2 Å². The van der Waals surface area contributed by atoms with Gasteiger partial charge in [-0.3, -0.25) is 9.59 Å². The topological polar surface area (TPSA) is 102 Å². The zero-order valence-corrected chi connectivity index (χ0v) is 20.6. The van der Waals surface area contributed by atoms with Crippen molar-refractivity contribution < 1.29 is 28.8 Å². The van der Waals surface area contributed by atoms with Crippen LogP contribution in [0.2, 0.25) is 0 Å². The number of rotatable bonds is 6. The van der Waals surface area contributed by atoms with Gasteiger partial charge in [0.1, 0.15) is 6.61 Å². The molecule has 3 aliphatic rings. The summed E-state index contributed by atoms with van der Waals surface area (Å²) < 4.78 is 5.61. The minimum atomic E-state index is -1.04. The molecule has 3 amide bonds. The Morgan fingerprint density at radius 2 is 1.29 bits per heavy atom. The number of carbonyl (C=O) groups is 4. The Balaban J connectivity index is 1.10. The van der Waals surface area contributed by atoms with Crippen LogP contribution in [-0.4, -0.2) is 42.1 Å². The minimum absolute atomic E-state index is 0.00826. The summed E-state index contributed by atoms with van der Waals surface area (Å²) >= 11 is 0. The summed E-state index contributed by atoms with van der Waals surface area (Å²) in [5, 5.41) is 3.26. The maximum absolute atomic E-state index is 13.3. The number of hydrogen-bond donors (Lipinski definition) is 1. The molecule has 8 heteroatoms. The van der Waals surface area contributed by atoms with Crippen molar-refractivity contribution in [1.29, 1.82) is 0 Å². The van der Waals surface area contributed by atoms with Crippen LogP contribution >= 0.6 is 0 Å². The number of amides is 3. The molecule has 1 fully saturated rings. The first kappa shape index (κ1) is 23.9. The van der Waals surface area contributed by atoms with Crippen LogP contribution in [0.3, 0.4) is 0 Å². The maximum atomic E-state index is 13.3. The van der Waals surface area contributed by atoms with Crippen LogP contribution in [0, 0.1) is 5.41 Å². The second-order valence-electron chi connectivity index (χ2n) is 10.00. The Morgan fingerprint density at radius 1 is 0.789 bits per heavy atom. The second-order valence-corrected chi connectivity index (χ2v) is 10.00. The van der Waals surface area contributed by atoms with E-state index < -0.39 is 29.3 Å². The number of nitrogens with one attached hydrogen (secondary N) is 1. The highest BCUT2D eigenvalue weighted by molar-refractivity contribution is 6.20. The molecule has 8 nitrogen and oxygen atoms in total. The lowest BCUT2D eigenvalue weighted by atomic mass is 9.86. The quantitative estimate of drug-likeness (QED) is 0.476. The van der Waals surface area contributed by atoms with Gasteiger partial charge in [0.15, 0.2) is 0 Å². The number of alkyl carbamates (subject to hydrolysis) is 1. The monoisotopic (exact) mass is 510 g/mol. The van der Waals surface area contributed by atoms with Gasteiger partial charge in [-0.05, 0) is 47.2 Å². The van der Waals surface area contributed by atoms with E-state index in [4.69, 9.17) is 9.57 Å². The molecule has 6 rings (SSSR count). The van der Waals surface area contributed by atoms with E-state index in [-0.39, 0.29) is 30.2 Å². The summed E-state index contributed by atoms with van der Waals surface area (Å²) in [6.45, 7) is 0.151. The summed E-state index contributed by atoms with van der Waals surface area (Å²) in [5.41, 5.74) is 3.85. The van der Waals surface area contributed by atoms with Gasteiger partial charge >= 0.3 is 12.1 Å². The summed E-state index contributed by atoms with van der Waals surface area (Å²) in [6, 6.07) is 22.5. The van der Waals surface area contributed by atoms with Gasteiger partial charge in [0.25, 0.3) is 11.8 Å². The van der Waals surface area contributed by atoms with Gasteiger partial charge < -0.3 is 14.9 Å². The van der Waals surface area contributed by atoms with E-state index in [1.54, 1.807) is 12.1 Å². The molecule has 1 aliphatic heterocycles. The van der Waals surface area contributed by atoms with Crippen molar-refractivity contribution in [3.63, 3.8) is 0 Å². The number of imide groups is 1. The number of hydrogen-bond acceptors (Lipinski definition) is 6. The Morgan fingerprint density at radius 3 is 1.84 bits per heavy atom. The summed E-state index contributed by atoms with van der Waals surface area (Å²) in [6.07, 6.45) is 1.84. The Bertz CT molecular complexity index is 1380. The van der Waals surface area contributed by atoms with Crippen LogP contribution in [0.4, 0.5) is 4.79 Å². The van der Waals surface area contributed by atoms with E-state index in [1.165, 1.54) is 12.1 Å². The molecule has 2 aliphatic carbocycles. The number of ether oxygens (including phenoxy) is 1. The van der Waals surface area contributed by atoms with Crippen molar-refractivity contribution in [3.8, 4) is 11.1 Å². The van der Waals surface area contributed by atoms with Crippen LogP contribution in [0.15, 0.2) is 72.8 Å². The third kappa shape index (κ3) is 3.93. The van der Waals surface area contributed by atoms with Gasteiger partial charge in [-0.25, -0.2) is 9.59 Å². The van der Waals surface area contributed by atoms with Gasteiger partial charge in [0.2, 0.25) is 0 Å². The van der Waals surface area contributed by atoms with Crippen molar-refractivity contribution in [2.75, 3.05) is 13.2 Å². The second kappa shape index (κ2) is 9.45. The molecule has 0 unspecified atom stereocenters. The van der Waals surface area contributed by atoms with Crippen molar-refractivity contribution in [3.05, 3.63) is 95.1 Å². The maximum Gasteiger partial charge on any atom is 0.407 e. The molecule has 1 saturated carbocycles. The zero-order valence-electron chi connectivity index (χ0n) is 20.6. The van der Waals surface area contributed by atoms with Gasteiger partial charge in [0.05, 0.1) is 16.5 Å². The van der Waals surface area contributed by atoms with Crippen LogP contribution in [-0.2, 0) is 14.4 Å². The first-order valence-electron chi connectivity index (χ1n) is 12.8. The lowest BCUT2D eigenvalue weighted by Gasteiger charge is -2.28. The van der Waals surface area contributed by atoms with Gasteiger partial charge in [0, 0.05) is 12.5 Å². The van der Waals surface area contributed by atoms with E-state index >= 15 is 0 Å². The Hall–Kier alpha value is -4.46. The smallest absolute Gasteiger partial charge is 0.407 e. The fourth-order valence-electron chi connectivity index (χ4n) is 5.83. The highest BCUT2D eigenvalue weighted by Gasteiger charge is 2.47. The molecule has 1 N–H and O–H groups in total. The number of carbonyl (C=O) groups excluding carboxylic acids is 4. The van der Waals surface area contributed by atoms with E-state index in [1.807, 2.05) is 36.4 Å². The molecule has 3 aromatic rings. The molecule has 0 bridgehead atoms. The molecule has 192 valence electrons. The molecule has 38 heavy (non-hydrogen) atoms. The number of hydroxylamine groups is 2. The predicted octanol–water partition coefficient (Wildman–Crippen LogP) is 4.84. The van der Waals surface area contributed by atoms with Crippen LogP contribution in [0.5, 0.6) is 0 Å². The summed E-state index contributed by atoms with van der Waals surface area (Å²) in [5.74, 6) is -2.12.